The molecule has 5 rings (SSSR count). The van der Waals surface area contributed by atoms with Crippen molar-refractivity contribution in [3.63, 3.8) is 0 Å². The zero-order valence-corrected chi connectivity index (χ0v) is 17.6. The molecule has 3 N–H and O–H groups in total. The van der Waals surface area contributed by atoms with Crippen LogP contribution in [0.25, 0.3) is 0 Å². The number of fused-ring (bicyclic) bond motifs is 3. The smallest absolute Gasteiger partial charge is 0.261 e. The third-order valence-corrected chi connectivity index (χ3v) is 7.14. The van der Waals surface area contributed by atoms with Crippen molar-refractivity contribution in [2.45, 2.75) is 37.3 Å². The summed E-state index contributed by atoms with van der Waals surface area (Å²) < 4.78 is 6.22. The predicted octanol–water partition coefficient (Wildman–Crippen LogP) is 3.13. The first kappa shape index (κ1) is 20.3. The van der Waals surface area contributed by atoms with Gasteiger partial charge in [-0.2, -0.15) is 0 Å². The molecule has 1 saturated heterocycles. The van der Waals surface area contributed by atoms with E-state index in [1.54, 1.807) is 11.3 Å². The van der Waals surface area contributed by atoms with Gasteiger partial charge in [0.2, 0.25) is 5.91 Å². The zero-order chi connectivity index (χ0) is 19.1. The van der Waals surface area contributed by atoms with Gasteiger partial charge in [-0.1, -0.05) is 18.2 Å². The molecule has 6 nitrogen and oxygen atoms in total. The van der Waals surface area contributed by atoms with E-state index in [1.807, 2.05) is 30.3 Å². The highest BCUT2D eigenvalue weighted by molar-refractivity contribution is 7.14. The van der Waals surface area contributed by atoms with Gasteiger partial charge in [0.05, 0.1) is 29.5 Å². The van der Waals surface area contributed by atoms with E-state index in [0.717, 1.165) is 43.6 Å². The van der Waals surface area contributed by atoms with Crippen molar-refractivity contribution in [1.82, 2.24) is 10.6 Å². The Balaban J connectivity index is 0.00000205. The monoisotopic (exact) mass is 433 g/mol. The van der Waals surface area contributed by atoms with Crippen molar-refractivity contribution < 1.29 is 14.3 Å². The number of ether oxygens (including phenoxy) is 1. The number of piperidine rings is 1. The minimum atomic E-state index is -0.305. The number of carbonyl (C=O) groups is 2. The Morgan fingerprint density at radius 2 is 2.03 bits per heavy atom. The van der Waals surface area contributed by atoms with Gasteiger partial charge < -0.3 is 20.7 Å². The highest BCUT2D eigenvalue weighted by Crippen LogP contribution is 2.43. The molecule has 1 aromatic heterocycles. The normalized spacial score (nSPS) is 22.1. The number of thiophene rings is 1. The van der Waals surface area contributed by atoms with E-state index in [1.165, 1.54) is 10.4 Å². The Morgan fingerprint density at radius 1 is 1.24 bits per heavy atom. The summed E-state index contributed by atoms with van der Waals surface area (Å²) in [5, 5.41) is 9.34. The highest BCUT2D eigenvalue weighted by atomic mass is 35.5. The summed E-state index contributed by atoms with van der Waals surface area (Å²) in [6.07, 6.45) is 2.99. The summed E-state index contributed by atoms with van der Waals surface area (Å²) in [5.41, 5.74) is 2.68. The summed E-state index contributed by atoms with van der Waals surface area (Å²) >= 11 is 1.57. The van der Waals surface area contributed by atoms with Crippen molar-refractivity contribution in [3.05, 3.63) is 51.2 Å². The Bertz CT molecular complexity index is 939. The lowest BCUT2D eigenvalue weighted by atomic mass is 9.83. The number of hydrogen-bond acceptors (Lipinski definition) is 5. The molecular weight excluding hydrogens is 410 g/mol. The third kappa shape index (κ3) is 3.68. The Labute approximate surface area is 179 Å². The maximum Gasteiger partial charge on any atom is 0.261 e. The minimum Gasteiger partial charge on any atom is -0.370 e. The first-order valence-corrected chi connectivity index (χ1v) is 10.6. The van der Waals surface area contributed by atoms with E-state index in [-0.39, 0.29) is 42.3 Å². The molecule has 2 amide bonds. The second-order valence-electron chi connectivity index (χ2n) is 7.66. The van der Waals surface area contributed by atoms with Gasteiger partial charge in [0, 0.05) is 17.0 Å². The van der Waals surface area contributed by atoms with Crippen molar-refractivity contribution in [2.75, 3.05) is 25.0 Å². The molecule has 3 aliphatic rings. The van der Waals surface area contributed by atoms with Crippen LogP contribution in [0.2, 0.25) is 0 Å². The fourth-order valence-corrected chi connectivity index (χ4v) is 5.68. The summed E-state index contributed by atoms with van der Waals surface area (Å²) in [6, 6.07) is 9.35. The van der Waals surface area contributed by atoms with E-state index in [9.17, 15) is 9.59 Å². The van der Waals surface area contributed by atoms with Gasteiger partial charge in [-0.05, 0) is 49.2 Å². The quantitative estimate of drug-likeness (QED) is 0.679. The Kier molecular flexibility index (Phi) is 5.66. The van der Waals surface area contributed by atoms with Crippen molar-refractivity contribution in [3.8, 4) is 0 Å². The van der Waals surface area contributed by atoms with E-state index >= 15 is 0 Å². The fourth-order valence-electron chi connectivity index (χ4n) is 4.54. The maximum atomic E-state index is 13.0. The average Bonchev–Trinajstić information content (AvgIpc) is 3.15. The lowest BCUT2D eigenvalue weighted by Crippen LogP contribution is -2.44. The van der Waals surface area contributed by atoms with Crippen LogP contribution in [-0.2, 0) is 21.6 Å². The number of halogens is 1. The van der Waals surface area contributed by atoms with E-state index in [2.05, 4.69) is 16.0 Å². The molecule has 0 radical (unpaired) electrons. The molecule has 1 unspecified atom stereocenters. The number of anilines is 1. The van der Waals surface area contributed by atoms with Crippen LogP contribution in [0.3, 0.4) is 0 Å². The van der Waals surface area contributed by atoms with Crippen LogP contribution in [0.15, 0.2) is 30.3 Å². The van der Waals surface area contributed by atoms with Gasteiger partial charge in [0.1, 0.15) is 0 Å². The predicted molar refractivity (Wildman–Crippen MR) is 115 cm³/mol. The summed E-state index contributed by atoms with van der Waals surface area (Å²) in [5.74, 6) is -0.186. The van der Waals surface area contributed by atoms with Crippen molar-refractivity contribution >= 4 is 41.2 Å². The van der Waals surface area contributed by atoms with E-state index < -0.39 is 0 Å². The summed E-state index contributed by atoms with van der Waals surface area (Å²) in [7, 11) is 0. The molecule has 1 spiro atoms. The first-order chi connectivity index (χ1) is 13.6. The molecule has 1 aromatic carbocycles. The zero-order valence-electron chi connectivity index (χ0n) is 16.0. The molecule has 8 heteroatoms. The topological polar surface area (TPSA) is 79.5 Å². The minimum absolute atomic E-state index is 0. The molecule has 0 bridgehead atoms. The van der Waals surface area contributed by atoms with Crippen LogP contribution in [0, 0.1) is 0 Å². The third-order valence-electron chi connectivity index (χ3n) is 5.95. The highest BCUT2D eigenvalue weighted by Gasteiger charge is 2.41. The van der Waals surface area contributed by atoms with Gasteiger partial charge in [0.15, 0.2) is 0 Å². The molecule has 0 saturated carbocycles. The number of carbonyl (C=O) groups excluding carboxylic acids is 2. The lowest BCUT2D eigenvalue weighted by molar-refractivity contribution is -0.116. The number of benzene rings is 1. The largest absolute Gasteiger partial charge is 0.370 e. The fraction of sp³-hybridized carbons (Fsp3) is 0.429. The lowest BCUT2D eigenvalue weighted by Gasteiger charge is -2.40. The van der Waals surface area contributed by atoms with Gasteiger partial charge in [-0.3, -0.25) is 9.59 Å². The molecule has 1 fully saturated rings. The number of nitrogens with one attached hydrogen (secondary N) is 3. The Hall–Kier alpha value is -1.93. The van der Waals surface area contributed by atoms with Crippen LogP contribution >= 0.6 is 23.7 Å². The van der Waals surface area contributed by atoms with Gasteiger partial charge >= 0.3 is 0 Å². The standard InChI is InChI=1S/C21H23N3O3S.ClH/c25-19-12-16(13-3-1-2-4-15(13)23-19)24-20(26)18-11-14-17(28-18)5-10-27-21(14)6-8-22-9-7-21;/h1-4,11,16,22H,5-10,12H2,(H,23,25)(H,24,26);1H. The van der Waals surface area contributed by atoms with Crippen LogP contribution < -0.4 is 16.0 Å². The summed E-state index contributed by atoms with van der Waals surface area (Å²) in [6.45, 7) is 2.58. The molecule has 29 heavy (non-hydrogen) atoms. The van der Waals surface area contributed by atoms with Gasteiger partial charge in [-0.15, -0.1) is 23.7 Å². The molecular formula is C21H24ClN3O3S. The van der Waals surface area contributed by atoms with Crippen molar-refractivity contribution in [2.24, 2.45) is 0 Å². The van der Waals surface area contributed by atoms with Crippen LogP contribution in [0.1, 0.15) is 51.0 Å². The van der Waals surface area contributed by atoms with Gasteiger partial charge in [-0.25, -0.2) is 0 Å². The van der Waals surface area contributed by atoms with Crippen LogP contribution in [0.5, 0.6) is 0 Å². The molecule has 2 aromatic rings. The number of para-hydroxylation sites is 1. The van der Waals surface area contributed by atoms with Crippen LogP contribution in [-0.4, -0.2) is 31.5 Å². The maximum absolute atomic E-state index is 13.0. The van der Waals surface area contributed by atoms with Crippen LogP contribution in [0.4, 0.5) is 5.69 Å². The van der Waals surface area contributed by atoms with Crippen molar-refractivity contribution in [1.29, 1.82) is 0 Å². The molecule has 4 heterocycles. The van der Waals surface area contributed by atoms with E-state index in [0.29, 0.717) is 11.5 Å². The number of amides is 2. The number of hydrogen-bond donors (Lipinski definition) is 3. The first-order valence-electron chi connectivity index (χ1n) is 9.82. The van der Waals surface area contributed by atoms with Gasteiger partial charge in [0.25, 0.3) is 5.91 Å². The average molecular weight is 434 g/mol. The summed E-state index contributed by atoms with van der Waals surface area (Å²) in [4.78, 5) is 27.0. The SMILES string of the molecule is Cl.O=C1CC(NC(=O)c2cc3c(s2)CCOC32CCNCC2)c2ccccc2N1. The second kappa shape index (κ2) is 8.07. The molecule has 3 aliphatic heterocycles. The second-order valence-corrected chi connectivity index (χ2v) is 8.79. The number of rotatable bonds is 2. The molecule has 0 aliphatic carbocycles. The molecule has 154 valence electrons. The van der Waals surface area contributed by atoms with E-state index in [4.69, 9.17) is 4.74 Å². The Morgan fingerprint density at radius 3 is 2.86 bits per heavy atom. The molecule has 1 atom stereocenters.